The molecule has 0 spiro atoms. The normalized spacial score (nSPS) is 20.9. The fourth-order valence-corrected chi connectivity index (χ4v) is 2.36. The highest BCUT2D eigenvalue weighted by Gasteiger charge is 2.18. The number of likely N-dealkylation sites (tertiary alicyclic amines) is 1. The molecule has 5 nitrogen and oxygen atoms in total. The van der Waals surface area contributed by atoms with E-state index in [1.54, 1.807) is 0 Å². The van der Waals surface area contributed by atoms with E-state index in [0.717, 1.165) is 30.2 Å². The Morgan fingerprint density at radius 2 is 2.22 bits per heavy atom. The van der Waals surface area contributed by atoms with Gasteiger partial charge < -0.3 is 16.0 Å². The molecule has 0 aromatic carbocycles. The van der Waals surface area contributed by atoms with E-state index in [4.69, 9.17) is 5.73 Å². The number of anilines is 2. The molecule has 1 saturated heterocycles. The third-order valence-electron chi connectivity index (χ3n) is 3.51. The number of hydrogen-bond acceptors (Lipinski definition) is 5. The van der Waals surface area contributed by atoms with Crippen molar-refractivity contribution in [3.05, 3.63) is 11.4 Å². The van der Waals surface area contributed by atoms with Crippen molar-refractivity contribution >= 4 is 11.6 Å². The van der Waals surface area contributed by atoms with Gasteiger partial charge in [0.15, 0.2) is 0 Å². The molecule has 2 rings (SSSR count). The molecule has 2 heterocycles. The summed E-state index contributed by atoms with van der Waals surface area (Å²) in [6.45, 7) is 6.26. The van der Waals surface area contributed by atoms with Gasteiger partial charge in [0.05, 0.1) is 0 Å². The summed E-state index contributed by atoms with van der Waals surface area (Å²) in [7, 11) is 2.16. The molecule has 0 bridgehead atoms. The molecule has 1 aliphatic rings. The van der Waals surface area contributed by atoms with E-state index in [1.807, 2.05) is 13.8 Å². The van der Waals surface area contributed by atoms with Gasteiger partial charge in [0.25, 0.3) is 0 Å². The van der Waals surface area contributed by atoms with Crippen molar-refractivity contribution < 1.29 is 0 Å². The van der Waals surface area contributed by atoms with E-state index in [2.05, 4.69) is 27.2 Å². The zero-order valence-electron chi connectivity index (χ0n) is 11.5. The van der Waals surface area contributed by atoms with Crippen LogP contribution in [0, 0.1) is 6.92 Å². The van der Waals surface area contributed by atoms with Crippen molar-refractivity contribution in [1.82, 2.24) is 14.9 Å². The van der Waals surface area contributed by atoms with E-state index in [0.29, 0.717) is 11.9 Å². The van der Waals surface area contributed by atoms with Crippen LogP contribution in [0.5, 0.6) is 0 Å². The third kappa shape index (κ3) is 2.90. The molecular weight excluding hydrogens is 226 g/mol. The van der Waals surface area contributed by atoms with Crippen LogP contribution in [0.2, 0.25) is 0 Å². The lowest BCUT2D eigenvalue weighted by molar-refractivity contribution is 0.260. The molecule has 1 aliphatic heterocycles. The van der Waals surface area contributed by atoms with Crippen LogP contribution in [0.15, 0.2) is 0 Å². The van der Waals surface area contributed by atoms with Crippen LogP contribution in [0.3, 0.4) is 0 Å². The van der Waals surface area contributed by atoms with Crippen LogP contribution in [-0.4, -0.2) is 41.0 Å². The first-order valence-electron chi connectivity index (χ1n) is 6.68. The number of nitrogens with two attached hydrogens (primary N) is 1. The van der Waals surface area contributed by atoms with Crippen molar-refractivity contribution in [2.45, 2.75) is 39.2 Å². The van der Waals surface area contributed by atoms with Crippen LogP contribution in [0.4, 0.5) is 11.6 Å². The molecule has 1 atom stereocenters. The molecule has 3 N–H and O–H groups in total. The summed E-state index contributed by atoms with van der Waals surface area (Å²) in [5.74, 6) is 2.30. The molecule has 1 aromatic rings. The van der Waals surface area contributed by atoms with Gasteiger partial charge in [0, 0.05) is 24.6 Å². The van der Waals surface area contributed by atoms with Crippen molar-refractivity contribution in [2.75, 3.05) is 31.2 Å². The Morgan fingerprint density at radius 1 is 1.44 bits per heavy atom. The Bertz CT molecular complexity index is 418. The minimum absolute atomic E-state index is 0.460. The Morgan fingerprint density at radius 3 is 2.89 bits per heavy atom. The number of likely N-dealkylation sites (N-methyl/N-ethyl adjacent to an activating group) is 1. The van der Waals surface area contributed by atoms with Crippen LogP contribution in [-0.2, 0) is 6.42 Å². The number of rotatable bonds is 3. The topological polar surface area (TPSA) is 67.1 Å². The second-order valence-corrected chi connectivity index (χ2v) is 5.10. The number of nitrogen functional groups attached to an aromatic ring is 1. The maximum absolute atomic E-state index is 5.93. The predicted molar refractivity (Wildman–Crippen MR) is 74.7 cm³/mol. The monoisotopic (exact) mass is 249 g/mol. The zero-order valence-corrected chi connectivity index (χ0v) is 11.5. The maximum atomic E-state index is 5.93. The van der Waals surface area contributed by atoms with Gasteiger partial charge in [-0.2, -0.15) is 0 Å². The summed E-state index contributed by atoms with van der Waals surface area (Å²) >= 11 is 0. The average molecular weight is 249 g/mol. The summed E-state index contributed by atoms with van der Waals surface area (Å²) in [5, 5.41) is 3.52. The third-order valence-corrected chi connectivity index (χ3v) is 3.51. The van der Waals surface area contributed by atoms with E-state index < -0.39 is 0 Å². The Hall–Kier alpha value is -1.36. The van der Waals surface area contributed by atoms with Gasteiger partial charge in [0.2, 0.25) is 0 Å². The van der Waals surface area contributed by atoms with Gasteiger partial charge >= 0.3 is 0 Å². The van der Waals surface area contributed by atoms with Gasteiger partial charge in [-0.3, -0.25) is 0 Å². The van der Waals surface area contributed by atoms with Crippen LogP contribution in [0.1, 0.15) is 31.2 Å². The van der Waals surface area contributed by atoms with Gasteiger partial charge in [-0.25, -0.2) is 9.97 Å². The molecule has 1 fully saturated rings. The fourth-order valence-electron chi connectivity index (χ4n) is 2.36. The maximum Gasteiger partial charge on any atom is 0.135 e. The lowest BCUT2D eigenvalue weighted by atomic mass is 10.1. The number of hydrogen-bond donors (Lipinski definition) is 2. The lowest BCUT2D eigenvalue weighted by Gasteiger charge is -2.31. The SMILES string of the molecule is CCc1nc(N)c(C)c(NC2CCCN(C)C2)n1. The molecule has 0 radical (unpaired) electrons. The van der Waals surface area contributed by atoms with Gasteiger partial charge in [-0.15, -0.1) is 0 Å². The standard InChI is InChI=1S/C13H23N5/c1-4-11-16-12(14)9(2)13(17-11)15-10-6-5-7-18(3)8-10/h10H,4-8H2,1-3H3,(H3,14,15,16,17). The molecule has 1 unspecified atom stereocenters. The second-order valence-electron chi connectivity index (χ2n) is 5.10. The molecule has 0 aliphatic carbocycles. The van der Waals surface area contributed by atoms with E-state index in [-0.39, 0.29) is 0 Å². The number of aryl methyl sites for hydroxylation is 1. The number of nitrogens with zero attached hydrogens (tertiary/aromatic N) is 3. The van der Waals surface area contributed by atoms with Gasteiger partial charge in [-0.1, -0.05) is 6.92 Å². The lowest BCUT2D eigenvalue weighted by Crippen LogP contribution is -2.40. The highest BCUT2D eigenvalue weighted by atomic mass is 15.2. The molecular formula is C13H23N5. The van der Waals surface area contributed by atoms with Gasteiger partial charge in [0.1, 0.15) is 17.5 Å². The first kappa shape index (κ1) is 13.1. The zero-order chi connectivity index (χ0) is 13.1. The Labute approximate surface area is 109 Å². The predicted octanol–water partition coefficient (Wildman–Crippen LogP) is 1.44. The molecule has 0 amide bonds. The van der Waals surface area contributed by atoms with Crippen LogP contribution < -0.4 is 11.1 Å². The largest absolute Gasteiger partial charge is 0.383 e. The van der Waals surface area contributed by atoms with E-state index in [9.17, 15) is 0 Å². The molecule has 0 saturated carbocycles. The first-order chi connectivity index (χ1) is 8.60. The number of piperidine rings is 1. The van der Waals surface area contributed by atoms with E-state index in [1.165, 1.54) is 19.4 Å². The molecule has 100 valence electrons. The Balaban J connectivity index is 2.14. The second kappa shape index (κ2) is 5.52. The summed E-state index contributed by atoms with van der Waals surface area (Å²) < 4.78 is 0. The van der Waals surface area contributed by atoms with Crippen molar-refractivity contribution in [3.8, 4) is 0 Å². The number of nitrogens with one attached hydrogen (secondary N) is 1. The fraction of sp³-hybridized carbons (Fsp3) is 0.692. The molecule has 5 heteroatoms. The highest BCUT2D eigenvalue weighted by Crippen LogP contribution is 2.20. The average Bonchev–Trinajstić information content (AvgIpc) is 2.34. The molecule has 1 aromatic heterocycles. The summed E-state index contributed by atoms with van der Waals surface area (Å²) in [5.41, 5.74) is 6.89. The number of aromatic nitrogens is 2. The minimum atomic E-state index is 0.460. The highest BCUT2D eigenvalue weighted by molar-refractivity contribution is 5.55. The Kier molecular flexibility index (Phi) is 4.01. The van der Waals surface area contributed by atoms with Crippen LogP contribution >= 0.6 is 0 Å². The van der Waals surface area contributed by atoms with Crippen LogP contribution in [0.25, 0.3) is 0 Å². The summed E-state index contributed by atoms with van der Waals surface area (Å²) in [6, 6.07) is 0.460. The van der Waals surface area contributed by atoms with Crippen molar-refractivity contribution in [2.24, 2.45) is 0 Å². The molecule has 18 heavy (non-hydrogen) atoms. The smallest absolute Gasteiger partial charge is 0.135 e. The van der Waals surface area contributed by atoms with Gasteiger partial charge in [-0.05, 0) is 33.4 Å². The van der Waals surface area contributed by atoms with E-state index >= 15 is 0 Å². The van der Waals surface area contributed by atoms with Crippen molar-refractivity contribution in [3.63, 3.8) is 0 Å². The first-order valence-corrected chi connectivity index (χ1v) is 6.68. The summed E-state index contributed by atoms with van der Waals surface area (Å²) in [4.78, 5) is 11.2. The quantitative estimate of drug-likeness (QED) is 0.848. The van der Waals surface area contributed by atoms with Crippen molar-refractivity contribution in [1.29, 1.82) is 0 Å². The summed E-state index contributed by atoms with van der Waals surface area (Å²) in [6.07, 6.45) is 3.23. The minimum Gasteiger partial charge on any atom is -0.383 e.